The zero-order chi connectivity index (χ0) is 13.2. The fourth-order valence-corrected chi connectivity index (χ4v) is 2.57. The second-order valence-corrected chi connectivity index (χ2v) is 5.66. The lowest BCUT2D eigenvalue weighted by Crippen LogP contribution is -2.33. The summed E-state index contributed by atoms with van der Waals surface area (Å²) in [6.45, 7) is 3.59. The van der Waals surface area contributed by atoms with Crippen molar-refractivity contribution >= 4 is 22.0 Å². The highest BCUT2D eigenvalue weighted by molar-refractivity contribution is 9.10. The number of amides is 1. The number of ether oxygens (including phenoxy) is 1. The fraction of sp³-hybridized carbons (Fsp3) is 0.462. The third kappa shape index (κ3) is 2.84. The van der Waals surface area contributed by atoms with Crippen molar-refractivity contribution in [2.45, 2.75) is 25.5 Å². The molecule has 1 aliphatic heterocycles. The number of cyclic esters (lactones) is 1. The maximum atomic E-state index is 11.8. The van der Waals surface area contributed by atoms with Crippen LogP contribution in [0.1, 0.15) is 18.9 Å². The molecule has 1 saturated heterocycles. The summed E-state index contributed by atoms with van der Waals surface area (Å²) in [5.74, 6) is 0. The lowest BCUT2D eigenvalue weighted by Gasteiger charge is -2.20. The van der Waals surface area contributed by atoms with Gasteiger partial charge in [0.25, 0.3) is 0 Å². The van der Waals surface area contributed by atoms with Crippen LogP contribution in [0.15, 0.2) is 28.7 Å². The highest BCUT2D eigenvalue weighted by Gasteiger charge is 2.40. The van der Waals surface area contributed by atoms with Gasteiger partial charge in [-0.1, -0.05) is 34.1 Å². The lowest BCUT2D eigenvalue weighted by molar-refractivity contribution is 0.0669. The number of rotatable bonds is 4. The third-order valence-electron chi connectivity index (χ3n) is 3.11. The molecule has 1 aromatic carbocycles. The summed E-state index contributed by atoms with van der Waals surface area (Å²) >= 11 is 3.48. The van der Waals surface area contributed by atoms with E-state index in [-0.39, 0.29) is 6.09 Å². The van der Waals surface area contributed by atoms with Crippen LogP contribution in [0.3, 0.4) is 0 Å². The van der Waals surface area contributed by atoms with Crippen LogP contribution in [0.25, 0.3) is 0 Å². The standard InChI is InChI=1S/C13H17BrN2O2/c1-13(6-7-15)9-16(12(17)18-13)8-10-4-2-3-5-11(10)14/h2-5H,6-9,15H2,1H3. The summed E-state index contributed by atoms with van der Waals surface area (Å²) in [4.78, 5) is 13.5. The summed E-state index contributed by atoms with van der Waals surface area (Å²) in [5, 5.41) is 0. The molecule has 18 heavy (non-hydrogen) atoms. The van der Waals surface area contributed by atoms with Crippen molar-refractivity contribution in [2.75, 3.05) is 13.1 Å². The molecular formula is C13H17BrN2O2. The van der Waals surface area contributed by atoms with Crippen molar-refractivity contribution in [1.29, 1.82) is 0 Å². The van der Waals surface area contributed by atoms with E-state index >= 15 is 0 Å². The highest BCUT2D eigenvalue weighted by Crippen LogP contribution is 2.28. The zero-order valence-corrected chi connectivity index (χ0v) is 11.9. The van der Waals surface area contributed by atoms with Crippen molar-refractivity contribution in [3.05, 3.63) is 34.3 Å². The molecule has 98 valence electrons. The first-order valence-electron chi connectivity index (χ1n) is 5.95. The molecule has 5 heteroatoms. The average Bonchev–Trinajstić information content (AvgIpc) is 2.57. The maximum Gasteiger partial charge on any atom is 0.410 e. The lowest BCUT2D eigenvalue weighted by atomic mass is 10.0. The minimum atomic E-state index is -0.451. The Morgan fingerprint density at radius 1 is 1.50 bits per heavy atom. The van der Waals surface area contributed by atoms with Crippen LogP contribution in [0.2, 0.25) is 0 Å². The second kappa shape index (κ2) is 5.28. The van der Waals surface area contributed by atoms with E-state index in [1.54, 1.807) is 4.90 Å². The molecule has 2 rings (SSSR count). The molecule has 0 saturated carbocycles. The zero-order valence-electron chi connectivity index (χ0n) is 10.4. The van der Waals surface area contributed by atoms with Crippen molar-refractivity contribution in [3.8, 4) is 0 Å². The van der Waals surface area contributed by atoms with Crippen LogP contribution in [0, 0.1) is 0 Å². The third-order valence-corrected chi connectivity index (χ3v) is 3.88. The van der Waals surface area contributed by atoms with Crippen molar-refractivity contribution in [1.82, 2.24) is 4.90 Å². The first-order chi connectivity index (χ1) is 8.54. The molecule has 1 fully saturated rings. The first kappa shape index (κ1) is 13.4. The molecule has 1 unspecified atom stereocenters. The molecule has 1 heterocycles. The number of carbonyl (C=O) groups excluding carboxylic acids is 1. The Hall–Kier alpha value is -1.07. The number of carbonyl (C=O) groups is 1. The summed E-state index contributed by atoms with van der Waals surface area (Å²) in [7, 11) is 0. The summed E-state index contributed by atoms with van der Waals surface area (Å²) < 4.78 is 6.41. The van der Waals surface area contributed by atoms with E-state index in [2.05, 4.69) is 15.9 Å². The van der Waals surface area contributed by atoms with E-state index in [1.807, 2.05) is 31.2 Å². The molecule has 1 amide bonds. The maximum absolute atomic E-state index is 11.8. The van der Waals surface area contributed by atoms with Crippen LogP contribution in [0.5, 0.6) is 0 Å². The molecule has 0 bridgehead atoms. The van der Waals surface area contributed by atoms with E-state index in [0.29, 0.717) is 26.1 Å². The Morgan fingerprint density at radius 3 is 2.89 bits per heavy atom. The number of hydrogen-bond donors (Lipinski definition) is 1. The summed E-state index contributed by atoms with van der Waals surface area (Å²) in [5.41, 5.74) is 6.17. The van der Waals surface area contributed by atoms with Gasteiger partial charge in [0.1, 0.15) is 5.60 Å². The van der Waals surface area contributed by atoms with Crippen molar-refractivity contribution < 1.29 is 9.53 Å². The van der Waals surface area contributed by atoms with Crippen molar-refractivity contribution in [2.24, 2.45) is 5.73 Å². The van der Waals surface area contributed by atoms with Crippen LogP contribution < -0.4 is 5.73 Å². The van der Waals surface area contributed by atoms with Crippen LogP contribution in [0.4, 0.5) is 4.79 Å². The van der Waals surface area contributed by atoms with Crippen molar-refractivity contribution in [3.63, 3.8) is 0 Å². The smallest absolute Gasteiger partial charge is 0.410 e. The molecule has 4 nitrogen and oxygen atoms in total. The Kier molecular flexibility index (Phi) is 3.92. The van der Waals surface area contributed by atoms with Gasteiger partial charge < -0.3 is 10.5 Å². The molecule has 1 aliphatic rings. The Morgan fingerprint density at radius 2 is 2.22 bits per heavy atom. The highest BCUT2D eigenvalue weighted by atomic mass is 79.9. The van der Waals surface area contributed by atoms with E-state index < -0.39 is 5.60 Å². The number of nitrogens with zero attached hydrogens (tertiary/aromatic N) is 1. The van der Waals surface area contributed by atoms with Gasteiger partial charge in [0.05, 0.1) is 13.1 Å². The SMILES string of the molecule is CC1(CCN)CN(Cc2ccccc2Br)C(=O)O1. The second-order valence-electron chi connectivity index (χ2n) is 4.80. The van der Waals surface area contributed by atoms with Crippen LogP contribution >= 0.6 is 15.9 Å². The van der Waals surface area contributed by atoms with E-state index in [4.69, 9.17) is 10.5 Å². The molecule has 0 spiro atoms. The Balaban J connectivity index is 2.07. The average molecular weight is 313 g/mol. The van der Waals surface area contributed by atoms with Gasteiger partial charge in [-0.15, -0.1) is 0 Å². The minimum Gasteiger partial charge on any atom is -0.441 e. The van der Waals surface area contributed by atoms with Crippen LogP contribution in [-0.4, -0.2) is 29.7 Å². The molecule has 0 aromatic heterocycles. The van der Waals surface area contributed by atoms with Gasteiger partial charge in [0, 0.05) is 10.9 Å². The molecule has 0 aliphatic carbocycles. The van der Waals surface area contributed by atoms with E-state index in [0.717, 1.165) is 10.0 Å². The largest absolute Gasteiger partial charge is 0.441 e. The quantitative estimate of drug-likeness (QED) is 0.929. The van der Waals surface area contributed by atoms with E-state index in [9.17, 15) is 4.79 Å². The number of nitrogens with two attached hydrogens (primary N) is 1. The Bertz CT molecular complexity index is 452. The fourth-order valence-electron chi connectivity index (χ4n) is 2.16. The Labute approximate surface area is 115 Å². The van der Waals surface area contributed by atoms with Gasteiger partial charge in [0.2, 0.25) is 0 Å². The van der Waals surface area contributed by atoms with E-state index in [1.165, 1.54) is 0 Å². The van der Waals surface area contributed by atoms with Gasteiger partial charge in [-0.05, 0) is 25.1 Å². The first-order valence-corrected chi connectivity index (χ1v) is 6.75. The summed E-state index contributed by atoms with van der Waals surface area (Å²) in [6, 6.07) is 7.88. The summed E-state index contributed by atoms with van der Waals surface area (Å²) in [6.07, 6.45) is 0.423. The van der Waals surface area contributed by atoms with Gasteiger partial charge in [-0.25, -0.2) is 4.79 Å². The number of hydrogen-bond acceptors (Lipinski definition) is 3. The molecule has 1 aromatic rings. The van der Waals surface area contributed by atoms with Gasteiger partial charge >= 0.3 is 6.09 Å². The van der Waals surface area contributed by atoms with Gasteiger partial charge in [-0.2, -0.15) is 0 Å². The predicted octanol–water partition coefficient (Wildman–Crippen LogP) is 2.51. The monoisotopic (exact) mass is 312 g/mol. The molecule has 0 radical (unpaired) electrons. The normalized spacial score (nSPS) is 23.3. The topological polar surface area (TPSA) is 55.6 Å². The molecule has 1 atom stereocenters. The number of halogens is 1. The number of benzene rings is 1. The predicted molar refractivity (Wildman–Crippen MR) is 73.1 cm³/mol. The molecular weight excluding hydrogens is 296 g/mol. The van der Waals surface area contributed by atoms with Crippen LogP contribution in [-0.2, 0) is 11.3 Å². The van der Waals surface area contributed by atoms with Gasteiger partial charge in [-0.3, -0.25) is 4.90 Å². The van der Waals surface area contributed by atoms with Gasteiger partial charge in [0.15, 0.2) is 0 Å². The molecule has 2 N–H and O–H groups in total. The minimum absolute atomic E-state index is 0.262.